The monoisotopic (exact) mass is 272 g/mol. The van der Waals surface area contributed by atoms with Crippen LogP contribution in [0, 0.1) is 0 Å². The summed E-state index contributed by atoms with van der Waals surface area (Å²) in [6.45, 7) is 2.67. The van der Waals surface area contributed by atoms with Gasteiger partial charge in [-0.2, -0.15) is 11.3 Å². The molecule has 0 bridgehead atoms. The van der Waals surface area contributed by atoms with Crippen LogP contribution in [-0.2, 0) is 25.6 Å². The standard InChI is InChI=1S/C13H20O4S/c1-4-10-11(12(14-2)13(15-3)17-10)16-7-9-5-6-18-8-9/h5-6,8,10-13H,4,7H2,1-3H3/t10-,11+,12-,13+/m1/s1. The fourth-order valence-electron chi connectivity index (χ4n) is 2.23. The number of hydrogen-bond acceptors (Lipinski definition) is 5. The molecule has 1 aromatic rings. The molecule has 0 amide bonds. The number of thiophene rings is 1. The van der Waals surface area contributed by atoms with Gasteiger partial charge in [-0.3, -0.25) is 0 Å². The first-order chi connectivity index (χ1) is 8.80. The Labute approximate surface area is 112 Å². The van der Waals surface area contributed by atoms with Gasteiger partial charge in [0.2, 0.25) is 0 Å². The molecule has 2 heterocycles. The van der Waals surface area contributed by atoms with Gasteiger partial charge in [0.15, 0.2) is 6.29 Å². The molecule has 0 radical (unpaired) electrons. The first kappa shape index (κ1) is 14.0. The number of rotatable bonds is 6. The molecular formula is C13H20O4S. The van der Waals surface area contributed by atoms with Crippen molar-refractivity contribution in [2.45, 2.75) is 44.6 Å². The van der Waals surface area contributed by atoms with E-state index in [2.05, 4.69) is 18.4 Å². The zero-order chi connectivity index (χ0) is 13.0. The van der Waals surface area contributed by atoms with Gasteiger partial charge >= 0.3 is 0 Å². The molecule has 0 spiro atoms. The molecule has 102 valence electrons. The van der Waals surface area contributed by atoms with Gasteiger partial charge in [0.1, 0.15) is 12.2 Å². The van der Waals surface area contributed by atoms with E-state index in [9.17, 15) is 0 Å². The number of hydrogen-bond donors (Lipinski definition) is 0. The summed E-state index contributed by atoms with van der Waals surface area (Å²) in [4.78, 5) is 0. The fraction of sp³-hybridized carbons (Fsp3) is 0.692. The second-order valence-electron chi connectivity index (χ2n) is 4.29. The summed E-state index contributed by atoms with van der Waals surface area (Å²) in [6.07, 6.45) is 0.322. The van der Waals surface area contributed by atoms with Crippen LogP contribution >= 0.6 is 11.3 Å². The largest absolute Gasteiger partial charge is 0.373 e. The average Bonchev–Trinajstić information content (AvgIpc) is 3.02. The van der Waals surface area contributed by atoms with E-state index in [4.69, 9.17) is 18.9 Å². The van der Waals surface area contributed by atoms with E-state index in [1.807, 2.05) is 5.38 Å². The van der Waals surface area contributed by atoms with E-state index in [0.29, 0.717) is 6.61 Å². The molecule has 1 aliphatic rings. The Kier molecular flexibility index (Phi) is 5.14. The van der Waals surface area contributed by atoms with E-state index < -0.39 is 0 Å². The van der Waals surface area contributed by atoms with Crippen molar-refractivity contribution in [3.63, 3.8) is 0 Å². The van der Waals surface area contributed by atoms with Crippen molar-refractivity contribution in [2.24, 2.45) is 0 Å². The summed E-state index contributed by atoms with van der Waals surface area (Å²) in [7, 11) is 3.30. The van der Waals surface area contributed by atoms with Crippen LogP contribution in [0.2, 0.25) is 0 Å². The van der Waals surface area contributed by atoms with Gasteiger partial charge in [-0.25, -0.2) is 0 Å². The molecule has 0 aromatic carbocycles. The third-order valence-corrected chi connectivity index (χ3v) is 3.93. The summed E-state index contributed by atoms with van der Waals surface area (Å²) in [5, 5.41) is 4.14. The van der Waals surface area contributed by atoms with Crippen molar-refractivity contribution in [3.05, 3.63) is 22.4 Å². The van der Waals surface area contributed by atoms with E-state index in [1.165, 1.54) is 5.56 Å². The maximum atomic E-state index is 5.96. The van der Waals surface area contributed by atoms with Gasteiger partial charge in [0.05, 0.1) is 12.7 Å². The zero-order valence-corrected chi connectivity index (χ0v) is 11.8. The lowest BCUT2D eigenvalue weighted by molar-refractivity contribution is -0.156. The Balaban J connectivity index is 1.98. The van der Waals surface area contributed by atoms with Crippen molar-refractivity contribution >= 4 is 11.3 Å². The molecule has 18 heavy (non-hydrogen) atoms. The van der Waals surface area contributed by atoms with Gasteiger partial charge in [-0.05, 0) is 28.8 Å². The predicted molar refractivity (Wildman–Crippen MR) is 69.7 cm³/mol. The summed E-state index contributed by atoms with van der Waals surface area (Å²) >= 11 is 1.67. The van der Waals surface area contributed by atoms with Crippen molar-refractivity contribution in [1.29, 1.82) is 0 Å². The van der Waals surface area contributed by atoms with E-state index in [1.54, 1.807) is 25.6 Å². The lowest BCUT2D eigenvalue weighted by Gasteiger charge is -2.22. The second kappa shape index (κ2) is 6.63. The predicted octanol–water partition coefficient (Wildman–Crippen LogP) is 2.43. The first-order valence-corrected chi connectivity index (χ1v) is 7.08. The summed E-state index contributed by atoms with van der Waals surface area (Å²) in [5.74, 6) is 0. The molecule has 0 unspecified atom stereocenters. The lowest BCUT2D eigenvalue weighted by Crippen LogP contribution is -2.37. The fourth-order valence-corrected chi connectivity index (χ4v) is 2.88. The molecule has 1 saturated heterocycles. The van der Waals surface area contributed by atoms with Crippen LogP contribution in [0.5, 0.6) is 0 Å². The van der Waals surface area contributed by atoms with Crippen LogP contribution in [0.25, 0.3) is 0 Å². The third-order valence-electron chi connectivity index (χ3n) is 3.20. The average molecular weight is 272 g/mol. The van der Waals surface area contributed by atoms with Gasteiger partial charge in [0, 0.05) is 14.2 Å². The van der Waals surface area contributed by atoms with Crippen LogP contribution < -0.4 is 0 Å². The molecule has 5 heteroatoms. The van der Waals surface area contributed by atoms with Crippen LogP contribution in [0.15, 0.2) is 16.8 Å². The van der Waals surface area contributed by atoms with Crippen LogP contribution in [-0.4, -0.2) is 38.8 Å². The Bertz CT molecular complexity index is 341. The highest BCUT2D eigenvalue weighted by Crippen LogP contribution is 2.29. The van der Waals surface area contributed by atoms with E-state index >= 15 is 0 Å². The van der Waals surface area contributed by atoms with Crippen molar-refractivity contribution in [1.82, 2.24) is 0 Å². The molecule has 1 fully saturated rings. The highest BCUT2D eigenvalue weighted by Gasteiger charge is 2.45. The van der Waals surface area contributed by atoms with Gasteiger partial charge < -0.3 is 18.9 Å². The molecule has 4 atom stereocenters. The van der Waals surface area contributed by atoms with Gasteiger partial charge in [-0.1, -0.05) is 6.92 Å². The van der Waals surface area contributed by atoms with Crippen molar-refractivity contribution < 1.29 is 18.9 Å². The van der Waals surface area contributed by atoms with Crippen LogP contribution in [0.4, 0.5) is 0 Å². The quantitative estimate of drug-likeness (QED) is 0.797. The molecule has 0 aliphatic carbocycles. The molecule has 1 aliphatic heterocycles. The Morgan fingerprint density at radius 3 is 2.67 bits per heavy atom. The molecule has 1 aromatic heterocycles. The van der Waals surface area contributed by atoms with Crippen molar-refractivity contribution in [2.75, 3.05) is 14.2 Å². The normalized spacial score (nSPS) is 31.9. The van der Waals surface area contributed by atoms with Gasteiger partial charge in [0.25, 0.3) is 0 Å². The SMILES string of the molecule is CC[C@H]1O[C@H](OC)[C@H](OC)[C@H]1OCc1ccsc1. The van der Waals surface area contributed by atoms with Crippen LogP contribution in [0.1, 0.15) is 18.9 Å². The third kappa shape index (κ3) is 2.92. The lowest BCUT2D eigenvalue weighted by atomic mass is 10.1. The zero-order valence-electron chi connectivity index (χ0n) is 11.0. The Morgan fingerprint density at radius 2 is 2.11 bits per heavy atom. The van der Waals surface area contributed by atoms with Crippen molar-refractivity contribution in [3.8, 4) is 0 Å². The topological polar surface area (TPSA) is 36.9 Å². The molecular weight excluding hydrogens is 252 g/mol. The molecule has 0 N–H and O–H groups in total. The highest BCUT2D eigenvalue weighted by atomic mass is 32.1. The number of ether oxygens (including phenoxy) is 4. The number of methoxy groups -OCH3 is 2. The summed E-state index contributed by atoms with van der Waals surface area (Å²) < 4.78 is 22.5. The Hall–Kier alpha value is -0.460. The first-order valence-electron chi connectivity index (χ1n) is 6.13. The maximum absolute atomic E-state index is 5.96. The van der Waals surface area contributed by atoms with Gasteiger partial charge in [-0.15, -0.1) is 0 Å². The highest BCUT2D eigenvalue weighted by molar-refractivity contribution is 7.07. The van der Waals surface area contributed by atoms with E-state index in [0.717, 1.165) is 6.42 Å². The minimum Gasteiger partial charge on any atom is -0.373 e. The molecule has 2 rings (SSSR count). The second-order valence-corrected chi connectivity index (χ2v) is 5.07. The van der Waals surface area contributed by atoms with E-state index in [-0.39, 0.29) is 24.6 Å². The maximum Gasteiger partial charge on any atom is 0.186 e. The molecule has 0 saturated carbocycles. The Morgan fingerprint density at radius 1 is 1.28 bits per heavy atom. The minimum atomic E-state index is -0.340. The summed E-state index contributed by atoms with van der Waals surface area (Å²) in [6, 6.07) is 2.07. The van der Waals surface area contributed by atoms with Crippen LogP contribution in [0.3, 0.4) is 0 Å². The smallest absolute Gasteiger partial charge is 0.186 e. The molecule has 4 nitrogen and oxygen atoms in total. The summed E-state index contributed by atoms with van der Waals surface area (Å²) in [5.41, 5.74) is 1.19. The minimum absolute atomic E-state index is 0.0264.